The molecule has 0 fully saturated rings. The van der Waals surface area contributed by atoms with Gasteiger partial charge in [-0.25, -0.2) is 4.98 Å². The number of anilines is 1. The lowest BCUT2D eigenvalue weighted by Crippen LogP contribution is -2.38. The summed E-state index contributed by atoms with van der Waals surface area (Å²) in [7, 11) is -2.10. The van der Waals surface area contributed by atoms with Crippen LogP contribution in [-0.2, 0) is 17.1 Å². The zero-order chi connectivity index (χ0) is 20.9. The van der Waals surface area contributed by atoms with Crippen molar-refractivity contribution in [3.63, 3.8) is 0 Å². The zero-order valence-electron chi connectivity index (χ0n) is 16.1. The molecule has 0 radical (unpaired) electrons. The van der Waals surface area contributed by atoms with Crippen LogP contribution in [0.3, 0.4) is 0 Å². The Morgan fingerprint density at radius 1 is 1.03 bits per heavy atom. The van der Waals surface area contributed by atoms with Crippen LogP contribution in [0.15, 0.2) is 71.9 Å². The van der Waals surface area contributed by atoms with Crippen LogP contribution >= 0.6 is 0 Å². The summed E-state index contributed by atoms with van der Waals surface area (Å²) in [6.07, 6.45) is 1.38. The number of sulfonamides is 1. The smallest absolute Gasteiger partial charge is 0.280 e. The summed E-state index contributed by atoms with van der Waals surface area (Å²) in [4.78, 5) is 3.58. The number of fused-ring (bicyclic) bond motifs is 2. The van der Waals surface area contributed by atoms with Crippen molar-refractivity contribution in [1.82, 2.24) is 9.55 Å². The maximum Gasteiger partial charge on any atom is 0.280 e. The molecular weight excluding hydrogens is 405 g/mol. The Morgan fingerprint density at radius 2 is 1.83 bits per heavy atom. The lowest BCUT2D eigenvalue weighted by Gasteiger charge is -2.31. The second-order valence-corrected chi connectivity index (χ2v) is 8.88. The van der Waals surface area contributed by atoms with Crippen LogP contribution in [0.25, 0.3) is 22.0 Å². The van der Waals surface area contributed by atoms with E-state index in [1.165, 1.54) is 16.6 Å². The van der Waals surface area contributed by atoms with Crippen molar-refractivity contribution >= 4 is 26.6 Å². The van der Waals surface area contributed by atoms with Crippen molar-refractivity contribution in [2.75, 3.05) is 17.5 Å². The fourth-order valence-electron chi connectivity index (χ4n) is 3.83. The van der Waals surface area contributed by atoms with Crippen LogP contribution in [0.4, 0.5) is 10.1 Å². The molecule has 30 heavy (non-hydrogen) atoms. The predicted octanol–water partition coefficient (Wildman–Crippen LogP) is 3.97. The molecule has 0 saturated heterocycles. The number of hydrogen-bond donors (Lipinski definition) is 0. The fraction of sp³-hybridized carbons (Fsp3) is 0.136. The van der Waals surface area contributed by atoms with Gasteiger partial charge < -0.3 is 9.30 Å². The molecule has 0 spiro atoms. The van der Waals surface area contributed by atoms with Gasteiger partial charge in [-0.05, 0) is 41.5 Å². The van der Waals surface area contributed by atoms with Gasteiger partial charge in [0, 0.05) is 30.2 Å². The molecule has 0 N–H and O–H groups in total. The molecule has 0 bridgehead atoms. The molecule has 3 heterocycles. The maximum absolute atomic E-state index is 13.6. The van der Waals surface area contributed by atoms with Crippen molar-refractivity contribution in [3.8, 4) is 16.9 Å². The Morgan fingerprint density at radius 3 is 2.63 bits per heavy atom. The number of para-hydroxylation sites is 1. The van der Waals surface area contributed by atoms with E-state index in [-0.39, 0.29) is 18.2 Å². The number of rotatable bonds is 3. The van der Waals surface area contributed by atoms with E-state index < -0.39 is 16.0 Å². The highest BCUT2D eigenvalue weighted by Gasteiger charge is 2.32. The third kappa shape index (κ3) is 2.91. The van der Waals surface area contributed by atoms with Gasteiger partial charge in [0.15, 0.2) is 5.03 Å². The van der Waals surface area contributed by atoms with Gasteiger partial charge in [0.2, 0.25) is 5.95 Å². The van der Waals surface area contributed by atoms with E-state index in [4.69, 9.17) is 4.74 Å². The van der Waals surface area contributed by atoms with Crippen molar-refractivity contribution in [1.29, 1.82) is 0 Å². The number of pyridine rings is 1. The van der Waals surface area contributed by atoms with Crippen LogP contribution in [0.2, 0.25) is 0 Å². The van der Waals surface area contributed by atoms with Gasteiger partial charge >= 0.3 is 0 Å². The molecule has 0 atom stereocenters. The molecule has 0 amide bonds. The Labute approximate surface area is 173 Å². The number of halogens is 1. The number of aromatic nitrogens is 2. The fourth-order valence-corrected chi connectivity index (χ4v) is 5.49. The van der Waals surface area contributed by atoms with Gasteiger partial charge in [0.1, 0.15) is 12.4 Å². The minimum absolute atomic E-state index is 0.186. The van der Waals surface area contributed by atoms with E-state index in [1.807, 2.05) is 24.3 Å². The highest BCUT2D eigenvalue weighted by molar-refractivity contribution is 7.92. The Bertz CT molecular complexity index is 1380. The van der Waals surface area contributed by atoms with Gasteiger partial charge in [-0.15, -0.1) is 0 Å². The Balaban J connectivity index is 1.64. The predicted molar refractivity (Wildman–Crippen MR) is 113 cm³/mol. The second kappa shape index (κ2) is 6.84. The Hall–Kier alpha value is -3.39. The van der Waals surface area contributed by atoms with Crippen molar-refractivity contribution in [2.45, 2.75) is 5.03 Å². The lowest BCUT2D eigenvalue weighted by molar-refractivity contribution is 0.316. The summed E-state index contributed by atoms with van der Waals surface area (Å²) >= 11 is 0. The SMILES string of the molecule is Cn1c(S(=O)(=O)N2CCOc3ccc(-c4ccnc(F)c4)cc32)cc2ccccc21. The minimum atomic E-state index is -3.85. The van der Waals surface area contributed by atoms with Crippen molar-refractivity contribution in [2.24, 2.45) is 7.05 Å². The quantitative estimate of drug-likeness (QED) is 0.468. The molecule has 1 aliphatic rings. The second-order valence-electron chi connectivity index (χ2n) is 7.08. The molecule has 0 aliphatic carbocycles. The summed E-state index contributed by atoms with van der Waals surface area (Å²) in [5, 5.41) is 1.06. The first-order chi connectivity index (χ1) is 14.4. The van der Waals surface area contributed by atoms with E-state index in [9.17, 15) is 12.8 Å². The third-order valence-electron chi connectivity index (χ3n) is 5.30. The summed E-state index contributed by atoms with van der Waals surface area (Å²) in [6.45, 7) is 0.435. The summed E-state index contributed by atoms with van der Waals surface area (Å²) in [5.41, 5.74) is 2.56. The largest absolute Gasteiger partial charge is 0.489 e. The zero-order valence-corrected chi connectivity index (χ0v) is 16.9. The molecule has 0 unspecified atom stereocenters. The maximum atomic E-state index is 13.6. The highest BCUT2D eigenvalue weighted by Crippen LogP contribution is 2.39. The number of ether oxygens (including phenoxy) is 1. The summed E-state index contributed by atoms with van der Waals surface area (Å²) in [5.74, 6) is -0.122. The van der Waals surface area contributed by atoms with Gasteiger partial charge in [0.25, 0.3) is 10.0 Å². The number of hydrogen-bond acceptors (Lipinski definition) is 4. The van der Waals surface area contributed by atoms with Gasteiger partial charge in [0.05, 0.1) is 12.2 Å². The van der Waals surface area contributed by atoms with Gasteiger partial charge in [-0.1, -0.05) is 24.3 Å². The average Bonchev–Trinajstić information content (AvgIpc) is 3.10. The molecule has 2 aromatic carbocycles. The molecule has 6 nitrogen and oxygen atoms in total. The van der Waals surface area contributed by atoms with Crippen LogP contribution < -0.4 is 9.04 Å². The molecule has 8 heteroatoms. The van der Waals surface area contributed by atoms with Crippen molar-refractivity contribution in [3.05, 3.63) is 72.8 Å². The number of aryl methyl sites for hydroxylation is 1. The first-order valence-corrected chi connectivity index (χ1v) is 10.9. The first-order valence-electron chi connectivity index (χ1n) is 9.41. The Kier molecular flexibility index (Phi) is 4.25. The number of benzene rings is 2. The van der Waals surface area contributed by atoms with E-state index >= 15 is 0 Å². The van der Waals surface area contributed by atoms with Crippen molar-refractivity contribution < 1.29 is 17.5 Å². The molecule has 4 aromatic rings. The van der Waals surface area contributed by atoms with Gasteiger partial charge in [-0.3, -0.25) is 4.31 Å². The molecule has 5 rings (SSSR count). The third-order valence-corrected chi connectivity index (χ3v) is 7.18. The minimum Gasteiger partial charge on any atom is -0.489 e. The van der Waals surface area contributed by atoms with E-state index in [0.717, 1.165) is 10.9 Å². The van der Waals surface area contributed by atoms with Crippen LogP contribution in [0, 0.1) is 5.95 Å². The molecule has 2 aromatic heterocycles. The van der Waals surface area contributed by atoms with Crippen LogP contribution in [0.1, 0.15) is 0 Å². The first kappa shape index (κ1) is 18.6. The molecule has 1 aliphatic heterocycles. The normalized spacial score (nSPS) is 13.9. The molecule has 0 saturated carbocycles. The number of nitrogens with zero attached hydrogens (tertiary/aromatic N) is 3. The highest BCUT2D eigenvalue weighted by atomic mass is 32.2. The topological polar surface area (TPSA) is 64.4 Å². The summed E-state index contributed by atoms with van der Waals surface area (Å²) < 4.78 is 49.6. The van der Waals surface area contributed by atoms with E-state index in [1.54, 1.807) is 41.9 Å². The van der Waals surface area contributed by atoms with Gasteiger partial charge in [-0.2, -0.15) is 12.8 Å². The van der Waals surface area contributed by atoms with Crippen LogP contribution in [0.5, 0.6) is 5.75 Å². The monoisotopic (exact) mass is 423 g/mol. The van der Waals surface area contributed by atoms with E-state index in [0.29, 0.717) is 22.6 Å². The molecule has 152 valence electrons. The summed E-state index contributed by atoms with van der Waals surface area (Å²) in [6, 6.07) is 17.4. The molecular formula is C22H18FN3O3S. The standard InChI is InChI=1S/C22H18FN3O3S/c1-25-18-5-3-2-4-17(18)14-22(25)30(27,28)26-10-11-29-20-7-6-15(12-19(20)26)16-8-9-24-21(23)13-16/h2-9,12-14H,10-11H2,1H3. The average molecular weight is 423 g/mol. The van der Waals surface area contributed by atoms with Crippen LogP contribution in [-0.4, -0.2) is 31.1 Å². The van der Waals surface area contributed by atoms with E-state index in [2.05, 4.69) is 4.98 Å². The lowest BCUT2D eigenvalue weighted by atomic mass is 10.1.